The first kappa shape index (κ1) is 21.5. The molecular formula is C20H24ClF3N2O. The Balaban J connectivity index is 0.00000261. The predicted molar refractivity (Wildman–Crippen MR) is 102 cm³/mol. The van der Waals surface area contributed by atoms with Crippen molar-refractivity contribution in [2.45, 2.75) is 37.4 Å². The SMILES string of the molecule is Cl.NCCOc1ccc2c(c1)C(Cc1cccc(C(F)(F)F)c1)C(N)CC2. The maximum atomic E-state index is 13.0. The molecule has 0 saturated carbocycles. The van der Waals surface area contributed by atoms with Gasteiger partial charge in [0.1, 0.15) is 12.4 Å². The van der Waals surface area contributed by atoms with Gasteiger partial charge < -0.3 is 16.2 Å². The minimum Gasteiger partial charge on any atom is -0.492 e. The van der Waals surface area contributed by atoms with Crippen molar-refractivity contribution in [3.05, 3.63) is 64.7 Å². The lowest BCUT2D eigenvalue weighted by atomic mass is 9.76. The van der Waals surface area contributed by atoms with Gasteiger partial charge in [-0.05, 0) is 54.2 Å². The van der Waals surface area contributed by atoms with Crippen LogP contribution in [-0.2, 0) is 19.0 Å². The van der Waals surface area contributed by atoms with Crippen LogP contribution in [0.5, 0.6) is 5.75 Å². The Kier molecular flexibility index (Phi) is 7.14. The lowest BCUT2D eigenvalue weighted by Gasteiger charge is -2.32. The third-order valence-corrected chi connectivity index (χ3v) is 4.88. The zero-order chi connectivity index (χ0) is 18.7. The fraction of sp³-hybridized carbons (Fsp3) is 0.400. The number of nitrogens with two attached hydrogens (primary N) is 2. The Hall–Kier alpha value is -1.76. The zero-order valence-electron chi connectivity index (χ0n) is 14.8. The molecule has 3 nitrogen and oxygen atoms in total. The summed E-state index contributed by atoms with van der Waals surface area (Å²) in [6.45, 7) is 0.841. The second-order valence-electron chi connectivity index (χ2n) is 6.71. The fourth-order valence-electron chi connectivity index (χ4n) is 3.56. The molecule has 1 aliphatic rings. The lowest BCUT2D eigenvalue weighted by molar-refractivity contribution is -0.137. The molecule has 0 spiro atoms. The summed E-state index contributed by atoms with van der Waals surface area (Å²) in [7, 11) is 0. The topological polar surface area (TPSA) is 61.3 Å². The molecule has 1 aliphatic carbocycles. The van der Waals surface area contributed by atoms with E-state index < -0.39 is 11.7 Å². The van der Waals surface area contributed by atoms with Gasteiger partial charge in [0.15, 0.2) is 0 Å². The smallest absolute Gasteiger partial charge is 0.416 e. The van der Waals surface area contributed by atoms with Crippen molar-refractivity contribution in [1.29, 1.82) is 0 Å². The van der Waals surface area contributed by atoms with Crippen molar-refractivity contribution >= 4 is 12.4 Å². The average molecular weight is 401 g/mol. The highest BCUT2D eigenvalue weighted by atomic mass is 35.5. The molecule has 0 aromatic heterocycles. The minimum atomic E-state index is -4.34. The van der Waals surface area contributed by atoms with Gasteiger partial charge in [-0.3, -0.25) is 0 Å². The molecule has 0 heterocycles. The summed E-state index contributed by atoms with van der Waals surface area (Å²) in [5, 5.41) is 0. The van der Waals surface area contributed by atoms with Crippen LogP contribution in [-0.4, -0.2) is 19.2 Å². The van der Waals surface area contributed by atoms with Crippen molar-refractivity contribution in [3.8, 4) is 5.75 Å². The van der Waals surface area contributed by atoms with E-state index in [0.717, 1.165) is 30.2 Å². The number of benzene rings is 2. The Bertz CT molecular complexity index is 767. The Morgan fingerprint density at radius 2 is 1.89 bits per heavy atom. The molecule has 2 aromatic carbocycles. The molecule has 0 saturated heterocycles. The summed E-state index contributed by atoms with van der Waals surface area (Å²) < 4.78 is 44.6. The predicted octanol–water partition coefficient (Wildman–Crippen LogP) is 4.06. The van der Waals surface area contributed by atoms with Crippen molar-refractivity contribution in [2.75, 3.05) is 13.2 Å². The summed E-state index contributed by atoms with van der Waals surface area (Å²) in [5.41, 5.74) is 14.1. The van der Waals surface area contributed by atoms with E-state index in [2.05, 4.69) is 0 Å². The van der Waals surface area contributed by atoms with E-state index in [-0.39, 0.29) is 24.4 Å². The number of hydrogen-bond donors (Lipinski definition) is 2. The lowest BCUT2D eigenvalue weighted by Crippen LogP contribution is -2.34. The summed E-state index contributed by atoms with van der Waals surface area (Å²) in [6, 6.07) is 11.3. The van der Waals surface area contributed by atoms with Crippen LogP contribution in [0.4, 0.5) is 13.2 Å². The van der Waals surface area contributed by atoms with Crippen LogP contribution in [0, 0.1) is 0 Å². The third-order valence-electron chi connectivity index (χ3n) is 4.88. The van der Waals surface area contributed by atoms with Crippen molar-refractivity contribution in [3.63, 3.8) is 0 Å². The molecule has 0 aliphatic heterocycles. The van der Waals surface area contributed by atoms with Crippen molar-refractivity contribution < 1.29 is 17.9 Å². The second kappa shape index (κ2) is 8.95. The molecule has 27 heavy (non-hydrogen) atoms. The van der Waals surface area contributed by atoms with Crippen LogP contribution in [0.1, 0.15) is 34.6 Å². The molecule has 2 unspecified atom stereocenters. The number of alkyl halides is 3. The standard InChI is InChI=1S/C20H23F3N2O.ClH/c21-20(22,23)15-3-1-2-13(10-15)11-18-17-12-16(26-9-8-24)6-4-14(17)5-7-19(18)25;/h1-4,6,10,12,18-19H,5,7-9,11,24-25H2;1H. The van der Waals surface area contributed by atoms with E-state index >= 15 is 0 Å². The molecule has 7 heteroatoms. The van der Waals surface area contributed by atoms with Gasteiger partial charge in [0, 0.05) is 18.5 Å². The van der Waals surface area contributed by atoms with E-state index in [4.69, 9.17) is 16.2 Å². The number of ether oxygens (including phenoxy) is 1. The van der Waals surface area contributed by atoms with Crippen molar-refractivity contribution in [1.82, 2.24) is 0 Å². The molecule has 4 N–H and O–H groups in total. The second-order valence-corrected chi connectivity index (χ2v) is 6.71. The number of rotatable bonds is 5. The quantitative estimate of drug-likeness (QED) is 0.795. The molecule has 148 valence electrons. The minimum absolute atomic E-state index is 0. The van der Waals surface area contributed by atoms with Crippen LogP contribution >= 0.6 is 12.4 Å². The summed E-state index contributed by atoms with van der Waals surface area (Å²) in [5.74, 6) is 0.681. The van der Waals surface area contributed by atoms with Crippen LogP contribution < -0.4 is 16.2 Å². The van der Waals surface area contributed by atoms with Gasteiger partial charge in [0.05, 0.1) is 5.56 Å². The van der Waals surface area contributed by atoms with Gasteiger partial charge in [0.25, 0.3) is 0 Å². The van der Waals surface area contributed by atoms with E-state index in [0.29, 0.717) is 25.1 Å². The van der Waals surface area contributed by atoms with Crippen LogP contribution in [0.2, 0.25) is 0 Å². The maximum absolute atomic E-state index is 13.0. The van der Waals surface area contributed by atoms with Gasteiger partial charge in [-0.15, -0.1) is 12.4 Å². The van der Waals surface area contributed by atoms with Crippen LogP contribution in [0.25, 0.3) is 0 Å². The molecule has 2 aromatic rings. The fourth-order valence-corrected chi connectivity index (χ4v) is 3.56. The van der Waals surface area contributed by atoms with Crippen LogP contribution in [0.15, 0.2) is 42.5 Å². The number of halogens is 4. The summed E-state index contributed by atoms with van der Waals surface area (Å²) in [6.07, 6.45) is -2.18. The van der Waals surface area contributed by atoms with Gasteiger partial charge in [-0.2, -0.15) is 13.2 Å². The molecular weight excluding hydrogens is 377 g/mol. The highest BCUT2D eigenvalue weighted by Gasteiger charge is 2.32. The first-order valence-electron chi connectivity index (χ1n) is 8.76. The molecule has 0 bridgehead atoms. The number of hydrogen-bond acceptors (Lipinski definition) is 3. The van der Waals surface area contributed by atoms with E-state index in [1.165, 1.54) is 17.7 Å². The Morgan fingerprint density at radius 1 is 1.11 bits per heavy atom. The zero-order valence-corrected chi connectivity index (χ0v) is 15.7. The highest BCUT2D eigenvalue weighted by molar-refractivity contribution is 5.85. The van der Waals surface area contributed by atoms with Gasteiger partial charge >= 0.3 is 6.18 Å². The number of fused-ring (bicyclic) bond motifs is 1. The molecule has 2 atom stereocenters. The van der Waals surface area contributed by atoms with Gasteiger partial charge in [-0.25, -0.2) is 0 Å². The third kappa shape index (κ3) is 5.15. The Morgan fingerprint density at radius 3 is 2.59 bits per heavy atom. The summed E-state index contributed by atoms with van der Waals surface area (Å²) >= 11 is 0. The number of aryl methyl sites for hydroxylation is 1. The monoisotopic (exact) mass is 400 g/mol. The molecule has 0 fully saturated rings. The molecule has 0 radical (unpaired) electrons. The highest BCUT2D eigenvalue weighted by Crippen LogP contribution is 2.37. The normalized spacial score (nSPS) is 19.1. The average Bonchev–Trinajstić information content (AvgIpc) is 2.62. The van der Waals surface area contributed by atoms with E-state index in [1.807, 2.05) is 18.2 Å². The first-order chi connectivity index (χ1) is 12.4. The van der Waals surface area contributed by atoms with E-state index in [9.17, 15) is 13.2 Å². The van der Waals surface area contributed by atoms with Crippen LogP contribution in [0.3, 0.4) is 0 Å². The first-order valence-corrected chi connectivity index (χ1v) is 8.76. The largest absolute Gasteiger partial charge is 0.492 e. The van der Waals surface area contributed by atoms with E-state index in [1.54, 1.807) is 6.07 Å². The van der Waals surface area contributed by atoms with Crippen molar-refractivity contribution in [2.24, 2.45) is 11.5 Å². The molecule has 0 amide bonds. The maximum Gasteiger partial charge on any atom is 0.416 e. The Labute approximate surface area is 163 Å². The van der Waals surface area contributed by atoms with Gasteiger partial charge in [-0.1, -0.05) is 24.3 Å². The molecule has 3 rings (SSSR count). The van der Waals surface area contributed by atoms with Gasteiger partial charge in [0.2, 0.25) is 0 Å². The summed E-state index contributed by atoms with van der Waals surface area (Å²) in [4.78, 5) is 0.